The largest absolute Gasteiger partial charge is 0.507 e. The van der Waals surface area contributed by atoms with Crippen LogP contribution in [0.2, 0.25) is 0 Å². The molecule has 3 aromatic carbocycles. The van der Waals surface area contributed by atoms with Gasteiger partial charge in [0.15, 0.2) is 11.4 Å². The van der Waals surface area contributed by atoms with Gasteiger partial charge in [-0.15, -0.1) is 13.2 Å². The van der Waals surface area contributed by atoms with Crippen LogP contribution in [0, 0.1) is 11.8 Å². The quantitative estimate of drug-likeness (QED) is 0.0983. The molecular formula is C46H49N3O8. The highest BCUT2D eigenvalue weighted by atomic mass is 16.5. The molecule has 11 nitrogen and oxygen atoms in total. The van der Waals surface area contributed by atoms with E-state index in [2.05, 4.69) is 30.1 Å². The van der Waals surface area contributed by atoms with E-state index in [1.165, 1.54) is 0 Å². The minimum absolute atomic E-state index is 0.00517. The van der Waals surface area contributed by atoms with Gasteiger partial charge in [0.05, 0.1) is 18.7 Å². The lowest BCUT2D eigenvalue weighted by Gasteiger charge is -2.50. The number of aromatic nitrogens is 1. The van der Waals surface area contributed by atoms with Crippen molar-refractivity contribution in [1.82, 2.24) is 15.0 Å². The number of fused-ring (bicyclic) bond motifs is 4. The molecular weight excluding hydrogens is 723 g/mol. The third kappa shape index (κ3) is 6.47. The number of ketones is 2. The van der Waals surface area contributed by atoms with Crippen LogP contribution in [0.25, 0.3) is 5.76 Å². The van der Waals surface area contributed by atoms with Crippen LogP contribution in [0.3, 0.4) is 0 Å². The van der Waals surface area contributed by atoms with Crippen LogP contribution < -0.4 is 14.2 Å². The van der Waals surface area contributed by atoms with E-state index in [0.29, 0.717) is 36.6 Å². The number of carbonyl (C=O) groups excluding carboxylic acids is 2. The minimum atomic E-state index is -2.58. The molecule has 0 amide bonds. The van der Waals surface area contributed by atoms with Crippen LogP contribution in [-0.2, 0) is 24.4 Å². The van der Waals surface area contributed by atoms with Crippen LogP contribution in [0.5, 0.6) is 17.4 Å². The molecule has 1 saturated heterocycles. The Morgan fingerprint density at radius 1 is 0.982 bits per heavy atom. The average molecular weight is 772 g/mol. The summed E-state index contributed by atoms with van der Waals surface area (Å²) in [7, 11) is 1.64. The number of hydrogen-bond donors (Lipinski definition) is 2. The van der Waals surface area contributed by atoms with Crippen molar-refractivity contribution in [2.24, 2.45) is 11.8 Å². The number of likely N-dealkylation sites (tertiary alicyclic amines) is 1. The summed E-state index contributed by atoms with van der Waals surface area (Å²) in [6.07, 6.45) is 5.88. The second kappa shape index (κ2) is 15.8. The SMILES string of the molecule is C=CCN(CC=C)[C@@H]1c2onc(OCc3ccccc3)c2C(=O)[C@@]2(O)C(=O)C3=C(O)c4c(OCc5ccccc5)cc(C5CCCN5CC)c(OC)c4C[C@H]3C[C@@H]12. The summed E-state index contributed by atoms with van der Waals surface area (Å²) in [6, 6.07) is 20.3. The summed E-state index contributed by atoms with van der Waals surface area (Å²) in [4.78, 5) is 34.3. The van der Waals surface area contributed by atoms with E-state index in [1.54, 1.807) is 19.3 Å². The fourth-order valence-electron chi connectivity index (χ4n) is 9.66. The van der Waals surface area contributed by atoms with E-state index >= 15 is 4.79 Å². The predicted molar refractivity (Wildman–Crippen MR) is 214 cm³/mol. The topological polar surface area (TPSA) is 135 Å². The lowest BCUT2D eigenvalue weighted by Crippen LogP contribution is -2.63. The van der Waals surface area contributed by atoms with E-state index in [1.807, 2.05) is 71.6 Å². The molecule has 2 N–H and O–H groups in total. The van der Waals surface area contributed by atoms with Crippen LogP contribution in [0.4, 0.5) is 0 Å². The monoisotopic (exact) mass is 771 g/mol. The maximum absolute atomic E-state index is 15.1. The van der Waals surface area contributed by atoms with Gasteiger partial charge in [-0.2, -0.15) is 0 Å². The molecule has 1 aliphatic heterocycles. The van der Waals surface area contributed by atoms with Gasteiger partial charge in [0.1, 0.15) is 36.0 Å². The number of methoxy groups -OCH3 is 1. The Morgan fingerprint density at radius 2 is 1.65 bits per heavy atom. The van der Waals surface area contributed by atoms with E-state index in [4.69, 9.17) is 18.7 Å². The normalized spacial score (nSPS) is 24.1. The van der Waals surface area contributed by atoms with Gasteiger partial charge in [0.25, 0.3) is 5.88 Å². The average Bonchev–Trinajstić information content (AvgIpc) is 3.89. The van der Waals surface area contributed by atoms with Crippen molar-refractivity contribution in [3.8, 4) is 17.4 Å². The summed E-state index contributed by atoms with van der Waals surface area (Å²) in [6.45, 7) is 12.8. The van der Waals surface area contributed by atoms with Crippen molar-refractivity contribution in [1.29, 1.82) is 0 Å². The molecule has 11 heteroatoms. The number of aliphatic hydroxyl groups is 2. The van der Waals surface area contributed by atoms with Crippen LogP contribution in [-0.4, -0.2) is 75.6 Å². The Morgan fingerprint density at radius 3 is 2.28 bits per heavy atom. The Hall–Kier alpha value is -5.49. The van der Waals surface area contributed by atoms with E-state index in [9.17, 15) is 15.0 Å². The third-order valence-corrected chi connectivity index (χ3v) is 12.2. The Balaban J connectivity index is 1.27. The van der Waals surface area contributed by atoms with E-state index < -0.39 is 35.0 Å². The zero-order valence-corrected chi connectivity index (χ0v) is 32.5. The fourth-order valence-corrected chi connectivity index (χ4v) is 9.66. The summed E-state index contributed by atoms with van der Waals surface area (Å²) in [5.41, 5.74) is 1.13. The molecule has 296 valence electrons. The number of nitrogens with zero attached hydrogens (tertiary/aromatic N) is 3. The number of benzene rings is 3. The van der Waals surface area contributed by atoms with Gasteiger partial charge >= 0.3 is 0 Å². The van der Waals surface area contributed by atoms with E-state index in [0.717, 1.165) is 48.2 Å². The second-order valence-electron chi connectivity index (χ2n) is 15.3. The van der Waals surface area contributed by atoms with E-state index in [-0.39, 0.29) is 54.2 Å². The Kier molecular flexibility index (Phi) is 10.6. The van der Waals surface area contributed by atoms with Gasteiger partial charge in [-0.3, -0.25) is 19.4 Å². The zero-order chi connectivity index (χ0) is 39.8. The lowest BCUT2D eigenvalue weighted by molar-refractivity contribution is -0.143. The summed E-state index contributed by atoms with van der Waals surface area (Å²) in [5.74, 6) is -2.45. The van der Waals surface area contributed by atoms with Gasteiger partial charge in [0.2, 0.25) is 11.6 Å². The van der Waals surface area contributed by atoms with Gasteiger partial charge in [-0.25, -0.2) is 0 Å². The summed E-state index contributed by atoms with van der Waals surface area (Å²) >= 11 is 0. The number of rotatable bonds is 14. The van der Waals surface area contributed by atoms with Gasteiger partial charge in [-0.1, -0.05) is 79.7 Å². The molecule has 1 unspecified atom stereocenters. The highest BCUT2D eigenvalue weighted by molar-refractivity contribution is 6.26. The number of ether oxygens (including phenoxy) is 3. The van der Waals surface area contributed by atoms with Crippen LogP contribution in [0.1, 0.15) is 82.2 Å². The van der Waals surface area contributed by atoms with Crippen LogP contribution in [0.15, 0.2) is 102 Å². The van der Waals surface area contributed by atoms with Crippen molar-refractivity contribution in [3.63, 3.8) is 0 Å². The maximum Gasteiger partial charge on any atom is 0.265 e. The first-order valence-electron chi connectivity index (χ1n) is 19.8. The molecule has 4 aromatic rings. The molecule has 0 spiro atoms. The van der Waals surface area contributed by atoms with Crippen molar-refractivity contribution in [3.05, 3.63) is 137 Å². The van der Waals surface area contributed by atoms with Crippen molar-refractivity contribution >= 4 is 17.3 Å². The van der Waals surface area contributed by atoms with Gasteiger partial charge < -0.3 is 28.9 Å². The molecule has 0 radical (unpaired) electrons. The standard InChI is InChI=1S/C46H49N3O8/c1-5-20-49(21-6-2)39-33-24-30-23-32-37(35(55-26-28-15-10-8-11-16-28)25-31(41(32)54-4)34-19-14-22-48(34)7-3)40(50)36(30)43(51)46(33,53)44(52)38-42(39)57-47-45(38)56-27-29-17-12-9-13-18-29/h5-6,8-13,15-18,25,30,33-34,39,50,53H,1-2,7,14,19-24,26-27H2,3-4H3/t30-,33-,34?,39-,46-/m0/s1. The fraction of sp³-hybridized carbons (Fsp3) is 0.370. The predicted octanol–water partition coefficient (Wildman–Crippen LogP) is 7.37. The van der Waals surface area contributed by atoms with Crippen molar-refractivity contribution in [2.75, 3.05) is 33.3 Å². The number of carbonyl (C=O) groups is 2. The molecule has 0 bridgehead atoms. The first-order chi connectivity index (χ1) is 27.7. The van der Waals surface area contributed by atoms with Crippen molar-refractivity contribution in [2.45, 2.75) is 63.5 Å². The van der Waals surface area contributed by atoms with Gasteiger partial charge in [-0.05, 0) is 67.0 Å². The Bertz CT molecular complexity index is 2200. The minimum Gasteiger partial charge on any atom is -0.507 e. The first kappa shape index (κ1) is 38.4. The zero-order valence-electron chi connectivity index (χ0n) is 32.5. The molecule has 1 aromatic heterocycles. The molecule has 2 heterocycles. The molecule has 8 rings (SSSR count). The lowest BCUT2D eigenvalue weighted by atomic mass is 9.57. The number of hydrogen-bond acceptors (Lipinski definition) is 11. The smallest absolute Gasteiger partial charge is 0.265 e. The highest BCUT2D eigenvalue weighted by Crippen LogP contribution is 2.58. The first-order valence-corrected chi connectivity index (χ1v) is 19.8. The second-order valence-corrected chi connectivity index (χ2v) is 15.3. The molecule has 57 heavy (non-hydrogen) atoms. The number of Topliss-reactive ketones (excluding diaryl/α,β-unsaturated/α-hetero) is 2. The molecule has 4 aliphatic rings. The molecule has 2 fully saturated rings. The third-order valence-electron chi connectivity index (χ3n) is 12.2. The summed E-state index contributed by atoms with van der Waals surface area (Å²) < 4.78 is 24.8. The van der Waals surface area contributed by atoms with Crippen molar-refractivity contribution < 1.29 is 38.5 Å². The maximum atomic E-state index is 15.1. The van der Waals surface area contributed by atoms with Crippen LogP contribution >= 0.6 is 0 Å². The molecule has 1 saturated carbocycles. The number of aliphatic hydroxyl groups excluding tert-OH is 1. The Labute approximate surface area is 332 Å². The molecule has 5 atom stereocenters. The molecule has 3 aliphatic carbocycles. The highest BCUT2D eigenvalue weighted by Gasteiger charge is 2.66. The van der Waals surface area contributed by atoms with Gasteiger partial charge in [0, 0.05) is 41.7 Å². The summed E-state index contributed by atoms with van der Waals surface area (Å²) in [5, 5.41) is 29.4.